The molecule has 0 bridgehead atoms. The normalized spacial score (nSPS) is 21.6. The van der Waals surface area contributed by atoms with Crippen molar-refractivity contribution in [2.24, 2.45) is 11.6 Å². The van der Waals surface area contributed by atoms with Crippen molar-refractivity contribution in [3.05, 3.63) is 77.5 Å². The highest BCUT2D eigenvalue weighted by Crippen LogP contribution is 2.37. The highest BCUT2D eigenvalue weighted by Gasteiger charge is 2.25. The molecule has 26 heavy (non-hydrogen) atoms. The lowest BCUT2D eigenvalue weighted by Gasteiger charge is -2.29. The van der Waals surface area contributed by atoms with Crippen LogP contribution in [0, 0.1) is 0 Å². The van der Waals surface area contributed by atoms with Crippen LogP contribution in [0.2, 0.25) is 0 Å². The first-order valence-corrected chi connectivity index (χ1v) is 9.13. The first kappa shape index (κ1) is 23.7. The van der Waals surface area contributed by atoms with Gasteiger partial charge < -0.3 is 15.5 Å². The molecule has 1 aliphatic carbocycles. The molecule has 2 rings (SSSR count). The number of nitrogens with two attached hydrogens (primary N) is 2. The Bertz CT molecular complexity index is 657. The monoisotopic (exact) mass is 357 g/mol. The quantitative estimate of drug-likeness (QED) is 0.592. The Hall–Kier alpha value is -2.30. The first-order chi connectivity index (χ1) is 12.5. The Morgan fingerprint density at radius 3 is 2.15 bits per heavy atom. The van der Waals surface area contributed by atoms with E-state index in [1.54, 1.807) is 26.3 Å². The third-order valence-corrected chi connectivity index (χ3v) is 3.95. The van der Waals surface area contributed by atoms with E-state index in [9.17, 15) is 0 Å². The highest BCUT2D eigenvalue weighted by atomic mass is 16.5. The van der Waals surface area contributed by atoms with Crippen LogP contribution < -0.4 is 11.6 Å². The van der Waals surface area contributed by atoms with E-state index in [4.69, 9.17) is 16.3 Å². The Morgan fingerprint density at radius 1 is 1.12 bits per heavy atom. The minimum atomic E-state index is -0.0952. The highest BCUT2D eigenvalue weighted by molar-refractivity contribution is 5.75. The molecule has 0 aromatic heterocycles. The van der Waals surface area contributed by atoms with Crippen LogP contribution in [-0.2, 0) is 4.74 Å². The number of hydrogen-bond donors (Lipinski definition) is 2. The van der Waals surface area contributed by atoms with E-state index in [1.807, 2.05) is 52.0 Å². The molecule has 0 heterocycles. The van der Waals surface area contributed by atoms with Gasteiger partial charge in [-0.1, -0.05) is 77.3 Å². The lowest BCUT2D eigenvalue weighted by atomic mass is 9.87. The molecule has 0 spiro atoms. The van der Waals surface area contributed by atoms with Gasteiger partial charge in [0.05, 0.1) is 17.5 Å². The van der Waals surface area contributed by atoms with Crippen LogP contribution in [0.3, 0.4) is 0 Å². The number of nitrogens with zero attached hydrogens (tertiary/aromatic N) is 1. The molecule has 1 aliphatic rings. The number of hydrogen-bond acceptors (Lipinski definition) is 4. The van der Waals surface area contributed by atoms with E-state index >= 15 is 0 Å². The predicted octanol–water partition coefficient (Wildman–Crippen LogP) is 4.93. The summed E-state index contributed by atoms with van der Waals surface area (Å²) in [6, 6.07) is 8.00. The van der Waals surface area contributed by atoms with Gasteiger partial charge in [0, 0.05) is 31.7 Å². The molecule has 0 saturated carbocycles. The molecule has 1 aromatic carbocycles. The molecular weight excluding hydrogens is 322 g/mol. The number of fused-ring (bicyclic) bond motifs is 1. The van der Waals surface area contributed by atoms with E-state index in [-0.39, 0.29) is 6.10 Å². The van der Waals surface area contributed by atoms with E-state index < -0.39 is 0 Å². The van der Waals surface area contributed by atoms with Gasteiger partial charge >= 0.3 is 0 Å². The molecule has 144 valence electrons. The SMILES string of the molecule is C=C/C1=C(C=C)/C(N)=C(/N(C)N)c2ccccc2C(OC)C1.CC.CC. The molecule has 0 saturated heterocycles. The summed E-state index contributed by atoms with van der Waals surface area (Å²) in [6.45, 7) is 15.8. The molecule has 1 aromatic rings. The van der Waals surface area contributed by atoms with E-state index in [0.717, 1.165) is 28.0 Å². The zero-order chi connectivity index (χ0) is 20.3. The summed E-state index contributed by atoms with van der Waals surface area (Å²) < 4.78 is 5.70. The summed E-state index contributed by atoms with van der Waals surface area (Å²) >= 11 is 0. The summed E-state index contributed by atoms with van der Waals surface area (Å²) in [5.41, 5.74) is 11.6. The zero-order valence-corrected chi connectivity index (χ0v) is 17.2. The van der Waals surface area contributed by atoms with Gasteiger partial charge in [0.15, 0.2) is 0 Å². The number of hydrazine groups is 1. The Labute approximate surface area is 159 Å². The summed E-state index contributed by atoms with van der Waals surface area (Å²) in [5, 5.41) is 1.54. The third kappa shape index (κ3) is 5.10. The van der Waals surface area contributed by atoms with Crippen molar-refractivity contribution in [3.8, 4) is 0 Å². The molecule has 0 amide bonds. The van der Waals surface area contributed by atoms with Crippen molar-refractivity contribution < 1.29 is 4.74 Å². The van der Waals surface area contributed by atoms with Crippen molar-refractivity contribution in [2.75, 3.05) is 14.2 Å². The van der Waals surface area contributed by atoms with Crippen LogP contribution in [0.25, 0.3) is 5.70 Å². The second-order valence-electron chi connectivity index (χ2n) is 5.24. The maximum atomic E-state index is 6.41. The van der Waals surface area contributed by atoms with Crippen LogP contribution in [0.5, 0.6) is 0 Å². The summed E-state index contributed by atoms with van der Waals surface area (Å²) in [6.07, 6.45) is 4.14. The number of ether oxygens (including phenoxy) is 1. The van der Waals surface area contributed by atoms with Gasteiger partial charge in [0.1, 0.15) is 0 Å². The first-order valence-electron chi connectivity index (χ1n) is 9.13. The zero-order valence-electron chi connectivity index (χ0n) is 17.2. The fourth-order valence-electron chi connectivity index (χ4n) is 2.88. The van der Waals surface area contributed by atoms with Crippen molar-refractivity contribution in [1.29, 1.82) is 0 Å². The largest absolute Gasteiger partial charge is 0.396 e. The lowest BCUT2D eigenvalue weighted by molar-refractivity contribution is 0.104. The number of benzene rings is 1. The molecule has 4 heteroatoms. The Kier molecular flexibility index (Phi) is 11.0. The molecule has 0 aliphatic heterocycles. The fourth-order valence-corrected chi connectivity index (χ4v) is 2.88. The maximum absolute atomic E-state index is 6.41. The van der Waals surface area contributed by atoms with Crippen LogP contribution in [0.4, 0.5) is 0 Å². The van der Waals surface area contributed by atoms with Gasteiger partial charge in [-0.25, -0.2) is 5.84 Å². The van der Waals surface area contributed by atoms with Crippen molar-refractivity contribution in [2.45, 2.75) is 40.2 Å². The van der Waals surface area contributed by atoms with Crippen molar-refractivity contribution in [1.82, 2.24) is 5.01 Å². The van der Waals surface area contributed by atoms with E-state index in [0.29, 0.717) is 12.1 Å². The molecule has 0 radical (unpaired) electrons. The van der Waals surface area contributed by atoms with Crippen LogP contribution in [-0.4, -0.2) is 19.2 Å². The fraction of sp³-hybridized carbons (Fsp3) is 0.364. The standard InChI is InChI=1S/C18H23N3O.2C2H6/c1-5-12-11-16(22-4)14-9-7-8-10-15(14)18(21(3)20)17(19)13(12)6-2;2*1-2/h5-10,16H,1-2,11,19-20H2,3-4H3;2*1-2H3/b13-12-,18-17-;;. The summed E-state index contributed by atoms with van der Waals surface area (Å²) in [5.74, 6) is 6.06. The molecular formula is C22H35N3O. The van der Waals surface area contributed by atoms with Gasteiger partial charge in [-0.05, 0) is 11.1 Å². The molecule has 0 fully saturated rings. The Balaban J connectivity index is 0.00000146. The second kappa shape index (κ2) is 12.1. The Morgan fingerprint density at radius 2 is 1.69 bits per heavy atom. The van der Waals surface area contributed by atoms with Crippen LogP contribution in [0.15, 0.2) is 66.4 Å². The minimum absolute atomic E-state index is 0.0952. The maximum Gasteiger partial charge on any atom is 0.0868 e. The molecule has 4 nitrogen and oxygen atoms in total. The number of rotatable bonds is 4. The van der Waals surface area contributed by atoms with Gasteiger partial charge in [-0.3, -0.25) is 0 Å². The average Bonchev–Trinajstić information content (AvgIpc) is 2.67. The van der Waals surface area contributed by atoms with Gasteiger partial charge in [-0.2, -0.15) is 0 Å². The molecule has 1 atom stereocenters. The van der Waals surface area contributed by atoms with Crippen molar-refractivity contribution in [3.63, 3.8) is 0 Å². The lowest BCUT2D eigenvalue weighted by Crippen LogP contribution is -2.29. The van der Waals surface area contributed by atoms with Crippen molar-refractivity contribution >= 4 is 5.70 Å². The van der Waals surface area contributed by atoms with Crippen LogP contribution in [0.1, 0.15) is 51.3 Å². The predicted molar refractivity (Wildman–Crippen MR) is 114 cm³/mol. The number of allylic oxidation sites excluding steroid dienone is 2. The van der Waals surface area contributed by atoms with E-state index in [1.165, 1.54) is 5.01 Å². The smallest absolute Gasteiger partial charge is 0.0868 e. The van der Waals surface area contributed by atoms with E-state index in [2.05, 4.69) is 13.2 Å². The summed E-state index contributed by atoms with van der Waals surface area (Å²) in [4.78, 5) is 0. The minimum Gasteiger partial charge on any atom is -0.396 e. The average molecular weight is 358 g/mol. The number of methoxy groups -OCH3 is 1. The van der Waals surface area contributed by atoms with Gasteiger partial charge in [0.2, 0.25) is 0 Å². The molecule has 1 unspecified atom stereocenters. The second-order valence-corrected chi connectivity index (χ2v) is 5.24. The van der Waals surface area contributed by atoms with Gasteiger partial charge in [-0.15, -0.1) is 0 Å². The third-order valence-electron chi connectivity index (χ3n) is 3.95. The van der Waals surface area contributed by atoms with Crippen LogP contribution >= 0.6 is 0 Å². The summed E-state index contributed by atoms with van der Waals surface area (Å²) in [7, 11) is 3.48. The van der Waals surface area contributed by atoms with Gasteiger partial charge in [0.25, 0.3) is 0 Å². The topological polar surface area (TPSA) is 64.5 Å². The molecule has 4 N–H and O–H groups in total.